The van der Waals surface area contributed by atoms with Gasteiger partial charge in [0.15, 0.2) is 0 Å². The quantitative estimate of drug-likeness (QED) is 0.526. The second-order valence-corrected chi connectivity index (χ2v) is 7.61. The van der Waals surface area contributed by atoms with Crippen molar-refractivity contribution in [3.05, 3.63) is 54.1 Å². The van der Waals surface area contributed by atoms with Gasteiger partial charge in [0, 0.05) is 33.4 Å². The number of thioether (sulfide) groups is 1. The number of anilines is 1. The van der Waals surface area contributed by atoms with Gasteiger partial charge in [-0.25, -0.2) is 0 Å². The van der Waals surface area contributed by atoms with E-state index in [0.29, 0.717) is 11.7 Å². The fourth-order valence-electron chi connectivity index (χ4n) is 2.65. The molecular formula is C20H24N6O2S. The van der Waals surface area contributed by atoms with Gasteiger partial charge in [0.25, 0.3) is 0 Å². The molecule has 0 saturated heterocycles. The van der Waals surface area contributed by atoms with Gasteiger partial charge >= 0.3 is 0 Å². The molecule has 1 aromatic heterocycles. The zero-order valence-corrected chi connectivity index (χ0v) is 17.8. The third-order valence-corrected chi connectivity index (χ3v) is 5.28. The average molecular weight is 413 g/mol. The van der Waals surface area contributed by atoms with Crippen LogP contribution in [0, 0.1) is 0 Å². The van der Waals surface area contributed by atoms with Gasteiger partial charge in [-0.1, -0.05) is 23.9 Å². The van der Waals surface area contributed by atoms with E-state index in [1.54, 1.807) is 23.7 Å². The number of amides is 1. The molecule has 3 rings (SSSR count). The summed E-state index contributed by atoms with van der Waals surface area (Å²) in [5.41, 5.74) is 3.02. The number of aromatic nitrogens is 4. The van der Waals surface area contributed by atoms with Crippen LogP contribution in [0.2, 0.25) is 0 Å². The fourth-order valence-corrected chi connectivity index (χ4v) is 3.48. The highest BCUT2D eigenvalue weighted by Gasteiger charge is 2.14. The maximum Gasteiger partial charge on any atom is 0.233 e. The number of hydrogen-bond acceptors (Lipinski definition) is 7. The van der Waals surface area contributed by atoms with Crippen molar-refractivity contribution in [1.82, 2.24) is 25.1 Å². The molecule has 0 aliphatic heterocycles. The number of tetrazole rings is 1. The second kappa shape index (κ2) is 9.42. The van der Waals surface area contributed by atoms with Gasteiger partial charge in [0.05, 0.1) is 18.6 Å². The van der Waals surface area contributed by atoms with E-state index in [9.17, 15) is 4.79 Å². The van der Waals surface area contributed by atoms with Gasteiger partial charge in [-0.2, -0.15) is 4.68 Å². The smallest absolute Gasteiger partial charge is 0.233 e. The predicted octanol–water partition coefficient (Wildman–Crippen LogP) is 2.49. The van der Waals surface area contributed by atoms with Crippen molar-refractivity contribution >= 4 is 23.4 Å². The van der Waals surface area contributed by atoms with E-state index in [1.165, 1.54) is 11.8 Å². The number of nitrogens with zero attached hydrogens (tertiary/aromatic N) is 6. The minimum Gasteiger partial charge on any atom is -0.497 e. The second-order valence-electron chi connectivity index (χ2n) is 6.67. The number of hydrogen-bond donors (Lipinski definition) is 0. The summed E-state index contributed by atoms with van der Waals surface area (Å²) < 4.78 is 6.78. The van der Waals surface area contributed by atoms with Crippen molar-refractivity contribution in [2.45, 2.75) is 11.7 Å². The Kier molecular flexibility index (Phi) is 6.71. The monoisotopic (exact) mass is 412 g/mol. The van der Waals surface area contributed by atoms with E-state index in [-0.39, 0.29) is 11.7 Å². The molecule has 0 fully saturated rings. The Labute approximate surface area is 174 Å². The van der Waals surface area contributed by atoms with Crippen LogP contribution in [0.4, 0.5) is 5.69 Å². The molecule has 1 heterocycles. The summed E-state index contributed by atoms with van der Waals surface area (Å²) >= 11 is 1.31. The molecule has 9 heteroatoms. The molecular weight excluding hydrogens is 388 g/mol. The zero-order valence-electron chi connectivity index (χ0n) is 16.9. The SMILES string of the molecule is COc1ccc(-n2nnnc2SCC(=O)N(C)Cc2ccc(N(C)C)cc2)cc1. The highest BCUT2D eigenvalue weighted by atomic mass is 32.2. The Bertz CT molecular complexity index is 940. The van der Waals surface area contributed by atoms with Gasteiger partial charge in [-0.3, -0.25) is 4.79 Å². The van der Waals surface area contributed by atoms with Crippen LogP contribution in [0.25, 0.3) is 5.69 Å². The number of carbonyl (C=O) groups excluding carboxylic acids is 1. The van der Waals surface area contributed by atoms with Crippen LogP contribution in [-0.2, 0) is 11.3 Å². The zero-order chi connectivity index (χ0) is 20.8. The lowest BCUT2D eigenvalue weighted by atomic mass is 10.2. The van der Waals surface area contributed by atoms with Crippen LogP contribution < -0.4 is 9.64 Å². The minimum absolute atomic E-state index is 0.0102. The van der Waals surface area contributed by atoms with Crippen molar-refractivity contribution in [2.24, 2.45) is 0 Å². The van der Waals surface area contributed by atoms with Crippen LogP contribution in [-0.4, -0.2) is 65.0 Å². The average Bonchev–Trinajstić information content (AvgIpc) is 3.21. The maximum atomic E-state index is 12.6. The topological polar surface area (TPSA) is 76.4 Å². The highest BCUT2D eigenvalue weighted by molar-refractivity contribution is 7.99. The summed E-state index contributed by atoms with van der Waals surface area (Å²) in [4.78, 5) is 16.3. The summed E-state index contributed by atoms with van der Waals surface area (Å²) in [6.45, 7) is 0.552. The van der Waals surface area contributed by atoms with Crippen molar-refractivity contribution in [3.63, 3.8) is 0 Å². The van der Waals surface area contributed by atoms with Gasteiger partial charge in [0.2, 0.25) is 11.1 Å². The molecule has 3 aromatic rings. The highest BCUT2D eigenvalue weighted by Crippen LogP contribution is 2.21. The van der Waals surface area contributed by atoms with Crippen LogP contribution in [0.5, 0.6) is 5.75 Å². The number of ether oxygens (including phenoxy) is 1. The first-order valence-electron chi connectivity index (χ1n) is 9.04. The minimum atomic E-state index is 0.0102. The molecule has 0 N–H and O–H groups in total. The maximum absolute atomic E-state index is 12.6. The Balaban J connectivity index is 1.58. The molecule has 0 saturated carbocycles. The fraction of sp³-hybridized carbons (Fsp3) is 0.300. The molecule has 152 valence electrons. The predicted molar refractivity (Wildman–Crippen MR) is 114 cm³/mol. The number of benzene rings is 2. The summed E-state index contributed by atoms with van der Waals surface area (Å²) in [7, 11) is 7.42. The molecule has 0 aliphatic carbocycles. The van der Waals surface area contributed by atoms with Gasteiger partial charge in [0.1, 0.15) is 5.75 Å². The summed E-state index contributed by atoms with van der Waals surface area (Å²) in [6, 6.07) is 15.6. The molecule has 29 heavy (non-hydrogen) atoms. The van der Waals surface area contributed by atoms with Gasteiger partial charge < -0.3 is 14.5 Å². The summed E-state index contributed by atoms with van der Waals surface area (Å²) in [5, 5.41) is 12.4. The van der Waals surface area contributed by atoms with Crippen LogP contribution in [0.3, 0.4) is 0 Å². The first-order chi connectivity index (χ1) is 14.0. The van der Waals surface area contributed by atoms with E-state index < -0.39 is 0 Å². The van der Waals surface area contributed by atoms with E-state index in [1.807, 2.05) is 67.5 Å². The van der Waals surface area contributed by atoms with Gasteiger partial charge in [-0.05, 0) is 52.4 Å². The van der Waals surface area contributed by atoms with Crippen LogP contribution >= 0.6 is 11.8 Å². The van der Waals surface area contributed by atoms with E-state index in [0.717, 1.165) is 22.7 Å². The molecule has 0 bridgehead atoms. The van der Waals surface area contributed by atoms with Crippen molar-refractivity contribution in [1.29, 1.82) is 0 Å². The molecule has 2 aromatic carbocycles. The number of carbonyl (C=O) groups is 1. The largest absolute Gasteiger partial charge is 0.497 e. The third kappa shape index (κ3) is 5.26. The normalized spacial score (nSPS) is 10.6. The first kappa shape index (κ1) is 20.7. The van der Waals surface area contributed by atoms with Crippen molar-refractivity contribution in [2.75, 3.05) is 38.9 Å². The van der Waals surface area contributed by atoms with E-state index >= 15 is 0 Å². The Morgan fingerprint density at radius 1 is 1.07 bits per heavy atom. The van der Waals surface area contributed by atoms with E-state index in [4.69, 9.17) is 4.74 Å². The molecule has 0 radical (unpaired) electrons. The van der Waals surface area contributed by atoms with E-state index in [2.05, 4.69) is 15.5 Å². The molecule has 8 nitrogen and oxygen atoms in total. The number of rotatable bonds is 8. The van der Waals surface area contributed by atoms with Crippen molar-refractivity contribution < 1.29 is 9.53 Å². The molecule has 0 aliphatic rings. The Morgan fingerprint density at radius 2 is 1.76 bits per heavy atom. The number of methoxy groups -OCH3 is 1. The molecule has 0 unspecified atom stereocenters. The Hall–Kier alpha value is -3.07. The lowest BCUT2D eigenvalue weighted by molar-refractivity contribution is -0.127. The molecule has 0 atom stereocenters. The van der Waals surface area contributed by atoms with Crippen LogP contribution in [0.1, 0.15) is 5.56 Å². The third-order valence-electron chi connectivity index (χ3n) is 4.38. The lowest BCUT2D eigenvalue weighted by Gasteiger charge is -2.18. The first-order valence-corrected chi connectivity index (χ1v) is 10.0. The standard InChI is InChI=1S/C20H24N6O2S/c1-24(2)16-7-5-15(6-8-16)13-25(3)19(27)14-29-20-21-22-23-26(20)17-9-11-18(28-4)12-10-17/h5-12H,13-14H2,1-4H3. The van der Waals surface area contributed by atoms with Gasteiger partial charge in [-0.15, -0.1) is 5.10 Å². The van der Waals surface area contributed by atoms with Crippen LogP contribution in [0.15, 0.2) is 53.7 Å². The Morgan fingerprint density at radius 3 is 2.38 bits per heavy atom. The molecule has 0 spiro atoms. The summed E-state index contributed by atoms with van der Waals surface area (Å²) in [6.07, 6.45) is 0. The molecule has 1 amide bonds. The van der Waals surface area contributed by atoms with Crippen molar-refractivity contribution in [3.8, 4) is 11.4 Å². The lowest BCUT2D eigenvalue weighted by Crippen LogP contribution is -2.28. The summed E-state index contributed by atoms with van der Waals surface area (Å²) in [5.74, 6) is 1.02.